The van der Waals surface area contributed by atoms with Crippen molar-refractivity contribution in [2.24, 2.45) is 17.8 Å². The van der Waals surface area contributed by atoms with E-state index in [2.05, 4.69) is 4.90 Å². The molecule has 0 amide bonds. The maximum Gasteiger partial charge on any atom is 0.310 e. The van der Waals surface area contributed by atoms with Crippen molar-refractivity contribution in [1.29, 1.82) is 0 Å². The molecule has 102 valence electrons. The van der Waals surface area contributed by atoms with Gasteiger partial charge >= 0.3 is 5.97 Å². The number of rotatable bonds is 3. The molecule has 4 heteroatoms. The van der Waals surface area contributed by atoms with Gasteiger partial charge in [0.1, 0.15) is 0 Å². The van der Waals surface area contributed by atoms with Crippen LogP contribution in [0.15, 0.2) is 0 Å². The highest BCUT2D eigenvalue weighted by Crippen LogP contribution is 2.53. The van der Waals surface area contributed by atoms with Crippen LogP contribution >= 0.6 is 0 Å². The zero-order valence-corrected chi connectivity index (χ0v) is 11.1. The molecule has 1 heterocycles. The SMILES string of the molecule is CCOC(=O)C1C2CCCC2C1N1CCOCC1. The van der Waals surface area contributed by atoms with Crippen LogP contribution in [0.2, 0.25) is 0 Å². The lowest BCUT2D eigenvalue weighted by Gasteiger charge is -2.53. The van der Waals surface area contributed by atoms with E-state index < -0.39 is 0 Å². The first-order chi connectivity index (χ1) is 8.83. The van der Waals surface area contributed by atoms with Gasteiger partial charge in [0.2, 0.25) is 0 Å². The summed E-state index contributed by atoms with van der Waals surface area (Å²) < 4.78 is 10.7. The van der Waals surface area contributed by atoms with Crippen LogP contribution in [0.3, 0.4) is 0 Å². The Kier molecular flexibility index (Phi) is 3.57. The van der Waals surface area contributed by atoms with Crippen molar-refractivity contribution >= 4 is 5.97 Å². The Morgan fingerprint density at radius 2 is 2.00 bits per heavy atom. The van der Waals surface area contributed by atoms with Crippen LogP contribution in [0, 0.1) is 17.8 Å². The summed E-state index contributed by atoms with van der Waals surface area (Å²) in [4.78, 5) is 14.6. The third-order valence-electron chi connectivity index (χ3n) is 4.92. The number of ether oxygens (including phenoxy) is 2. The van der Waals surface area contributed by atoms with Gasteiger partial charge in [-0.3, -0.25) is 9.69 Å². The molecule has 0 aromatic carbocycles. The van der Waals surface area contributed by atoms with Gasteiger partial charge in [-0.25, -0.2) is 0 Å². The summed E-state index contributed by atoms with van der Waals surface area (Å²) in [6.45, 7) is 5.97. The molecule has 0 radical (unpaired) electrons. The van der Waals surface area contributed by atoms with E-state index in [0.29, 0.717) is 18.6 Å². The summed E-state index contributed by atoms with van der Waals surface area (Å²) >= 11 is 0. The second kappa shape index (κ2) is 5.17. The molecule has 3 rings (SSSR count). The zero-order valence-electron chi connectivity index (χ0n) is 11.1. The highest BCUT2D eigenvalue weighted by atomic mass is 16.5. The normalized spacial score (nSPS) is 40.1. The molecule has 0 spiro atoms. The second-order valence-corrected chi connectivity index (χ2v) is 5.68. The van der Waals surface area contributed by atoms with E-state index >= 15 is 0 Å². The molecular weight excluding hydrogens is 230 g/mol. The lowest BCUT2D eigenvalue weighted by atomic mass is 9.61. The van der Waals surface area contributed by atoms with Crippen LogP contribution in [0.5, 0.6) is 0 Å². The predicted molar refractivity (Wildman–Crippen MR) is 67.1 cm³/mol. The molecule has 3 aliphatic rings. The first kappa shape index (κ1) is 12.4. The number of fused-ring (bicyclic) bond motifs is 1. The standard InChI is InChI=1S/C14H23NO3/c1-2-18-14(16)12-10-4-3-5-11(10)13(12)15-6-8-17-9-7-15/h10-13H,2-9H2,1H3. The molecule has 0 bridgehead atoms. The Balaban J connectivity index is 1.71. The van der Waals surface area contributed by atoms with Crippen molar-refractivity contribution in [1.82, 2.24) is 4.90 Å². The molecule has 1 saturated heterocycles. The fourth-order valence-corrected chi connectivity index (χ4v) is 4.19. The smallest absolute Gasteiger partial charge is 0.310 e. The highest BCUT2D eigenvalue weighted by molar-refractivity contribution is 5.75. The van der Waals surface area contributed by atoms with E-state index in [4.69, 9.17) is 9.47 Å². The van der Waals surface area contributed by atoms with Crippen molar-refractivity contribution in [2.45, 2.75) is 32.2 Å². The Bertz CT molecular complexity index is 314. The van der Waals surface area contributed by atoms with Crippen LogP contribution in [0.4, 0.5) is 0 Å². The predicted octanol–water partition coefficient (Wildman–Crippen LogP) is 1.30. The number of hydrogen-bond donors (Lipinski definition) is 0. The molecule has 2 aliphatic carbocycles. The van der Waals surface area contributed by atoms with Gasteiger partial charge in [-0.2, -0.15) is 0 Å². The summed E-state index contributed by atoms with van der Waals surface area (Å²) in [5.74, 6) is 1.50. The van der Waals surface area contributed by atoms with Gasteiger partial charge in [-0.05, 0) is 31.6 Å². The lowest BCUT2D eigenvalue weighted by Crippen LogP contribution is -2.63. The number of nitrogens with zero attached hydrogens (tertiary/aromatic N) is 1. The number of esters is 1. The van der Waals surface area contributed by atoms with Crippen LogP contribution < -0.4 is 0 Å². The minimum atomic E-state index is 0.0390. The van der Waals surface area contributed by atoms with Crippen LogP contribution in [-0.2, 0) is 14.3 Å². The molecule has 0 aromatic heterocycles. The van der Waals surface area contributed by atoms with Gasteiger partial charge in [0.25, 0.3) is 0 Å². The van der Waals surface area contributed by atoms with E-state index in [1.54, 1.807) is 0 Å². The Hall–Kier alpha value is -0.610. The first-order valence-electron chi connectivity index (χ1n) is 7.31. The number of hydrogen-bond acceptors (Lipinski definition) is 4. The van der Waals surface area contributed by atoms with Gasteiger partial charge < -0.3 is 9.47 Å². The van der Waals surface area contributed by atoms with Crippen molar-refractivity contribution in [3.8, 4) is 0 Å². The summed E-state index contributed by atoms with van der Waals surface area (Å²) in [5, 5.41) is 0. The van der Waals surface area contributed by atoms with Gasteiger partial charge in [-0.1, -0.05) is 6.42 Å². The van der Waals surface area contributed by atoms with E-state index in [9.17, 15) is 4.79 Å². The minimum absolute atomic E-state index is 0.0390. The summed E-state index contributed by atoms with van der Waals surface area (Å²) in [6, 6.07) is 0.431. The molecule has 2 saturated carbocycles. The third-order valence-corrected chi connectivity index (χ3v) is 4.92. The molecule has 18 heavy (non-hydrogen) atoms. The average Bonchev–Trinajstić information content (AvgIpc) is 2.75. The molecule has 4 unspecified atom stereocenters. The molecule has 0 N–H and O–H groups in total. The third kappa shape index (κ3) is 1.95. The van der Waals surface area contributed by atoms with E-state index in [0.717, 1.165) is 32.2 Å². The summed E-state index contributed by atoms with van der Waals surface area (Å²) in [5.41, 5.74) is 0. The van der Waals surface area contributed by atoms with Gasteiger partial charge in [0.15, 0.2) is 0 Å². The maximum absolute atomic E-state index is 12.1. The Labute approximate surface area is 109 Å². The van der Waals surface area contributed by atoms with Crippen molar-refractivity contribution in [3.63, 3.8) is 0 Å². The number of carbonyl (C=O) groups excluding carboxylic acids is 1. The lowest BCUT2D eigenvalue weighted by molar-refractivity contribution is -0.169. The van der Waals surface area contributed by atoms with E-state index in [-0.39, 0.29) is 11.9 Å². The van der Waals surface area contributed by atoms with Gasteiger partial charge in [-0.15, -0.1) is 0 Å². The quantitative estimate of drug-likeness (QED) is 0.711. The molecular formula is C14H23NO3. The summed E-state index contributed by atoms with van der Waals surface area (Å²) in [7, 11) is 0. The van der Waals surface area contributed by atoms with Crippen LogP contribution in [0.1, 0.15) is 26.2 Å². The van der Waals surface area contributed by atoms with Gasteiger partial charge in [0.05, 0.1) is 25.7 Å². The molecule has 0 aromatic rings. The second-order valence-electron chi connectivity index (χ2n) is 5.68. The molecule has 4 nitrogen and oxygen atoms in total. The molecule has 1 aliphatic heterocycles. The fourth-order valence-electron chi connectivity index (χ4n) is 4.19. The maximum atomic E-state index is 12.1. The first-order valence-corrected chi connectivity index (χ1v) is 7.31. The summed E-state index contributed by atoms with van der Waals surface area (Å²) in [6.07, 6.45) is 3.80. The number of carbonyl (C=O) groups is 1. The monoisotopic (exact) mass is 253 g/mol. The largest absolute Gasteiger partial charge is 0.466 e. The van der Waals surface area contributed by atoms with E-state index in [1.165, 1.54) is 19.3 Å². The topological polar surface area (TPSA) is 38.8 Å². The van der Waals surface area contributed by atoms with Crippen LogP contribution in [-0.4, -0.2) is 49.8 Å². The zero-order chi connectivity index (χ0) is 12.5. The van der Waals surface area contributed by atoms with Crippen molar-refractivity contribution in [3.05, 3.63) is 0 Å². The number of morpholine rings is 1. The Morgan fingerprint density at radius 1 is 1.28 bits per heavy atom. The van der Waals surface area contributed by atoms with Crippen molar-refractivity contribution < 1.29 is 14.3 Å². The molecule has 3 fully saturated rings. The minimum Gasteiger partial charge on any atom is -0.466 e. The highest BCUT2D eigenvalue weighted by Gasteiger charge is 2.58. The van der Waals surface area contributed by atoms with E-state index in [1.807, 2.05) is 6.92 Å². The van der Waals surface area contributed by atoms with Crippen LogP contribution in [0.25, 0.3) is 0 Å². The van der Waals surface area contributed by atoms with Crippen molar-refractivity contribution in [2.75, 3.05) is 32.9 Å². The van der Waals surface area contributed by atoms with Gasteiger partial charge in [0, 0.05) is 19.1 Å². The fraction of sp³-hybridized carbons (Fsp3) is 0.929. The Morgan fingerprint density at radius 3 is 2.72 bits per heavy atom. The molecule has 4 atom stereocenters. The average molecular weight is 253 g/mol.